The highest BCUT2D eigenvalue weighted by Crippen LogP contribution is 2.26. The molecule has 0 spiro atoms. The van der Waals surface area contributed by atoms with E-state index < -0.39 is 0 Å². The molecule has 0 amide bonds. The maximum absolute atomic E-state index is 11.3. The first-order chi connectivity index (χ1) is 11.1. The summed E-state index contributed by atoms with van der Waals surface area (Å²) in [6.45, 7) is 5.63. The Balaban J connectivity index is 1.95. The number of carbonyl (C=O) groups excluding carboxylic acids is 1. The van der Waals surface area contributed by atoms with Gasteiger partial charge in [0, 0.05) is 11.4 Å². The molecule has 1 aliphatic rings. The van der Waals surface area contributed by atoms with Crippen LogP contribution in [0, 0.1) is 0 Å². The van der Waals surface area contributed by atoms with Crippen LogP contribution in [-0.2, 0) is 19.0 Å². The monoisotopic (exact) mass is 338 g/mol. The zero-order valence-electron chi connectivity index (χ0n) is 13.6. The number of halogens is 1. The van der Waals surface area contributed by atoms with E-state index in [-0.39, 0.29) is 18.2 Å². The van der Waals surface area contributed by atoms with E-state index in [0.717, 1.165) is 17.7 Å². The molecule has 0 N–H and O–H groups in total. The minimum atomic E-state index is -0.176. The lowest BCUT2D eigenvalue weighted by atomic mass is 10.0. The van der Waals surface area contributed by atoms with Crippen molar-refractivity contribution in [3.63, 3.8) is 0 Å². The summed E-state index contributed by atoms with van der Waals surface area (Å²) in [5.41, 5.74) is 2.08. The minimum absolute atomic E-state index is 0.0406. The van der Waals surface area contributed by atoms with Crippen LogP contribution in [-0.4, -0.2) is 31.9 Å². The van der Waals surface area contributed by atoms with Gasteiger partial charge in [-0.05, 0) is 43.5 Å². The topological polar surface area (TPSA) is 48.1 Å². The maximum Gasteiger partial charge on any atom is 0.306 e. The van der Waals surface area contributed by atoms with E-state index in [9.17, 15) is 4.79 Å². The molecule has 2 rings (SSSR count). The van der Waals surface area contributed by atoms with Gasteiger partial charge in [-0.15, -0.1) is 0 Å². The molecule has 0 aliphatic carbocycles. The van der Waals surface area contributed by atoms with E-state index in [0.29, 0.717) is 31.1 Å². The van der Waals surface area contributed by atoms with Gasteiger partial charge in [0.2, 0.25) is 0 Å². The van der Waals surface area contributed by atoms with Gasteiger partial charge < -0.3 is 14.2 Å². The van der Waals surface area contributed by atoms with Gasteiger partial charge >= 0.3 is 5.97 Å². The third kappa shape index (κ3) is 6.34. The second-order valence-corrected chi connectivity index (χ2v) is 5.89. The zero-order valence-corrected chi connectivity index (χ0v) is 14.3. The van der Waals surface area contributed by atoms with Crippen LogP contribution in [0.3, 0.4) is 0 Å². The van der Waals surface area contributed by atoms with Gasteiger partial charge in [0.15, 0.2) is 0 Å². The average molecular weight is 339 g/mol. The van der Waals surface area contributed by atoms with E-state index in [2.05, 4.69) is 0 Å². The summed E-state index contributed by atoms with van der Waals surface area (Å²) in [4.78, 5) is 11.3. The van der Waals surface area contributed by atoms with Crippen molar-refractivity contribution in [1.29, 1.82) is 0 Å². The average Bonchev–Trinajstić information content (AvgIpc) is 3.34. The Labute approximate surface area is 142 Å². The van der Waals surface area contributed by atoms with Gasteiger partial charge in [-0.2, -0.15) is 0 Å². The summed E-state index contributed by atoms with van der Waals surface area (Å²) in [5, 5.41) is 0.677. The molecule has 126 valence electrons. The van der Waals surface area contributed by atoms with Gasteiger partial charge in [-0.3, -0.25) is 4.79 Å². The standard InChI is InChI=1S/C18H23ClO4/c1-3-21-18(20)7-5-4-6-14-10-15(19)8-9-17(14)13(2)22-11-16-12-23-16/h4,6,8-10,13,16H,3,5,7,11-12H2,1-2H3/t13-,16+/m1/s1. The highest BCUT2D eigenvalue weighted by Gasteiger charge is 2.24. The van der Waals surface area contributed by atoms with Crippen molar-refractivity contribution in [1.82, 2.24) is 0 Å². The summed E-state index contributed by atoms with van der Waals surface area (Å²) in [6.07, 6.45) is 5.16. The zero-order chi connectivity index (χ0) is 16.7. The van der Waals surface area contributed by atoms with E-state index in [1.165, 1.54) is 0 Å². The van der Waals surface area contributed by atoms with Gasteiger partial charge in [0.05, 0.1) is 25.9 Å². The summed E-state index contributed by atoms with van der Waals surface area (Å²) < 4.78 is 15.9. The fourth-order valence-electron chi connectivity index (χ4n) is 2.21. The van der Waals surface area contributed by atoms with Crippen LogP contribution >= 0.6 is 11.6 Å². The number of carbonyl (C=O) groups is 1. The Kier molecular flexibility index (Phi) is 7.09. The quantitative estimate of drug-likeness (QED) is 0.501. The van der Waals surface area contributed by atoms with Crippen LogP contribution in [0.5, 0.6) is 0 Å². The second kappa shape index (κ2) is 9.06. The summed E-state index contributed by atoms with van der Waals surface area (Å²) in [7, 11) is 0. The molecule has 0 radical (unpaired) electrons. The number of hydrogen-bond donors (Lipinski definition) is 0. The van der Waals surface area contributed by atoms with Crippen molar-refractivity contribution in [3.05, 3.63) is 40.4 Å². The van der Waals surface area contributed by atoms with E-state index >= 15 is 0 Å². The van der Waals surface area contributed by atoms with Gasteiger partial charge in [0.25, 0.3) is 0 Å². The second-order valence-electron chi connectivity index (χ2n) is 5.45. The van der Waals surface area contributed by atoms with Crippen molar-refractivity contribution in [3.8, 4) is 0 Å². The third-order valence-electron chi connectivity index (χ3n) is 3.54. The molecular formula is C18H23ClO4. The fraction of sp³-hybridized carbons (Fsp3) is 0.500. The highest BCUT2D eigenvalue weighted by molar-refractivity contribution is 6.30. The van der Waals surface area contributed by atoms with E-state index in [1.807, 2.05) is 37.3 Å². The number of esters is 1. The normalized spacial score (nSPS) is 18.1. The number of epoxide rings is 1. The van der Waals surface area contributed by atoms with Gasteiger partial charge in [-0.25, -0.2) is 0 Å². The van der Waals surface area contributed by atoms with Crippen LogP contribution in [0.4, 0.5) is 0 Å². The molecule has 23 heavy (non-hydrogen) atoms. The molecule has 0 aromatic heterocycles. The predicted octanol–water partition coefficient (Wildman–Crippen LogP) is 4.17. The molecule has 0 unspecified atom stereocenters. The number of hydrogen-bond acceptors (Lipinski definition) is 4. The van der Waals surface area contributed by atoms with Crippen molar-refractivity contribution < 1.29 is 19.0 Å². The Hall–Kier alpha value is -1.36. The Morgan fingerprint density at radius 2 is 2.30 bits per heavy atom. The van der Waals surface area contributed by atoms with Crippen LogP contribution < -0.4 is 0 Å². The molecule has 1 heterocycles. The Morgan fingerprint density at radius 1 is 1.52 bits per heavy atom. The van der Waals surface area contributed by atoms with E-state index in [1.54, 1.807) is 6.92 Å². The van der Waals surface area contributed by atoms with Crippen LogP contribution in [0.15, 0.2) is 24.3 Å². The molecular weight excluding hydrogens is 316 g/mol. The Bertz CT molecular complexity index is 552. The molecule has 0 bridgehead atoms. The Morgan fingerprint density at radius 3 is 3.00 bits per heavy atom. The molecule has 5 heteroatoms. The lowest BCUT2D eigenvalue weighted by Crippen LogP contribution is -2.07. The first-order valence-corrected chi connectivity index (χ1v) is 8.32. The van der Waals surface area contributed by atoms with Crippen molar-refractivity contribution in [2.45, 2.75) is 38.9 Å². The lowest BCUT2D eigenvalue weighted by molar-refractivity contribution is -0.142. The van der Waals surface area contributed by atoms with Crippen molar-refractivity contribution in [2.24, 2.45) is 0 Å². The SMILES string of the molecule is CCOC(=O)CCC=Cc1cc(Cl)ccc1[C@@H](C)OC[C@H]1CO1. The molecule has 1 aromatic carbocycles. The smallest absolute Gasteiger partial charge is 0.306 e. The molecule has 1 aliphatic heterocycles. The van der Waals surface area contributed by atoms with Gasteiger partial charge in [0.1, 0.15) is 6.10 Å². The number of benzene rings is 1. The van der Waals surface area contributed by atoms with Crippen molar-refractivity contribution >= 4 is 23.6 Å². The fourth-order valence-corrected chi connectivity index (χ4v) is 2.39. The van der Waals surface area contributed by atoms with Crippen molar-refractivity contribution in [2.75, 3.05) is 19.8 Å². The number of ether oxygens (including phenoxy) is 3. The summed E-state index contributed by atoms with van der Waals surface area (Å²) in [6, 6.07) is 5.75. The molecule has 1 saturated heterocycles. The molecule has 1 aromatic rings. The number of rotatable bonds is 9. The highest BCUT2D eigenvalue weighted by atomic mass is 35.5. The minimum Gasteiger partial charge on any atom is -0.466 e. The summed E-state index contributed by atoms with van der Waals surface area (Å²) >= 11 is 6.09. The third-order valence-corrected chi connectivity index (χ3v) is 3.77. The molecule has 4 nitrogen and oxygen atoms in total. The number of allylic oxidation sites excluding steroid dienone is 1. The van der Waals surface area contributed by atoms with Crippen LogP contribution in [0.2, 0.25) is 5.02 Å². The molecule has 2 atom stereocenters. The van der Waals surface area contributed by atoms with Crippen LogP contribution in [0.25, 0.3) is 6.08 Å². The predicted molar refractivity (Wildman–Crippen MR) is 90.5 cm³/mol. The summed E-state index contributed by atoms with van der Waals surface area (Å²) in [5.74, 6) is -0.176. The largest absolute Gasteiger partial charge is 0.466 e. The maximum atomic E-state index is 11.3. The molecule has 1 fully saturated rings. The molecule has 0 saturated carbocycles. The first-order valence-electron chi connectivity index (χ1n) is 7.95. The van der Waals surface area contributed by atoms with Crippen LogP contribution in [0.1, 0.15) is 43.9 Å². The van der Waals surface area contributed by atoms with Gasteiger partial charge in [-0.1, -0.05) is 29.8 Å². The lowest BCUT2D eigenvalue weighted by Gasteiger charge is -2.15. The van der Waals surface area contributed by atoms with E-state index in [4.69, 9.17) is 25.8 Å². The first kappa shape index (κ1) is 18.0.